The van der Waals surface area contributed by atoms with Gasteiger partial charge in [-0.15, -0.1) is 0 Å². The van der Waals surface area contributed by atoms with Crippen LogP contribution in [0.15, 0.2) is 67.0 Å². The molecule has 6 nitrogen and oxygen atoms in total. The summed E-state index contributed by atoms with van der Waals surface area (Å²) in [4.78, 5) is 18.0. The van der Waals surface area contributed by atoms with Crippen LogP contribution in [0.3, 0.4) is 0 Å². The number of piperazine rings is 1. The zero-order valence-corrected chi connectivity index (χ0v) is 13.9. The number of pyridine rings is 1. The first-order valence-electron chi connectivity index (χ1n) is 8.44. The van der Waals surface area contributed by atoms with E-state index >= 15 is 0 Å². The molecule has 1 N–H and O–H groups in total. The largest absolute Gasteiger partial charge is 0.353 e. The van der Waals surface area contributed by atoms with Crippen LogP contribution < -0.4 is 15.1 Å². The van der Waals surface area contributed by atoms with E-state index < -0.39 is 0 Å². The Morgan fingerprint density at radius 2 is 1.40 bits per heavy atom. The Hall–Kier alpha value is -3.15. The molecule has 0 spiro atoms. The summed E-state index contributed by atoms with van der Waals surface area (Å²) in [6.45, 7) is 3.70. The molecule has 1 saturated heterocycles. The summed E-state index contributed by atoms with van der Waals surface area (Å²) in [6.07, 6.45) is 3.65. The van der Waals surface area contributed by atoms with Gasteiger partial charge in [0.15, 0.2) is 0 Å². The lowest BCUT2D eigenvalue weighted by Crippen LogP contribution is -2.47. The average Bonchev–Trinajstić information content (AvgIpc) is 2.70. The van der Waals surface area contributed by atoms with Gasteiger partial charge in [-0.2, -0.15) is 4.98 Å². The summed E-state index contributed by atoms with van der Waals surface area (Å²) in [5.74, 6) is 2.61. The van der Waals surface area contributed by atoms with E-state index in [4.69, 9.17) is 0 Å². The molecule has 1 fully saturated rings. The Morgan fingerprint density at radius 3 is 2.12 bits per heavy atom. The minimum Gasteiger partial charge on any atom is -0.353 e. The van der Waals surface area contributed by atoms with Gasteiger partial charge in [0.05, 0.1) is 0 Å². The third-order valence-electron chi connectivity index (χ3n) is 4.25. The molecule has 0 radical (unpaired) electrons. The van der Waals surface area contributed by atoms with Crippen LogP contribution in [-0.2, 0) is 0 Å². The van der Waals surface area contributed by atoms with E-state index in [0.717, 1.165) is 43.5 Å². The zero-order valence-electron chi connectivity index (χ0n) is 13.9. The number of nitrogens with zero attached hydrogens (tertiary/aromatic N) is 5. The highest BCUT2D eigenvalue weighted by Gasteiger charge is 2.19. The van der Waals surface area contributed by atoms with Gasteiger partial charge in [0.25, 0.3) is 0 Å². The van der Waals surface area contributed by atoms with Crippen LogP contribution in [-0.4, -0.2) is 41.1 Å². The van der Waals surface area contributed by atoms with Crippen molar-refractivity contribution < 1.29 is 0 Å². The molecule has 0 amide bonds. The molecule has 0 bridgehead atoms. The van der Waals surface area contributed by atoms with E-state index in [-0.39, 0.29) is 0 Å². The summed E-state index contributed by atoms with van der Waals surface area (Å²) in [5.41, 5.74) is 0.986. The lowest BCUT2D eigenvalue weighted by atomic mass is 10.3. The molecule has 0 saturated carbocycles. The molecule has 6 heteroatoms. The van der Waals surface area contributed by atoms with E-state index in [0.29, 0.717) is 5.95 Å². The fraction of sp³-hybridized carbons (Fsp3) is 0.211. The lowest BCUT2D eigenvalue weighted by Gasteiger charge is -2.36. The van der Waals surface area contributed by atoms with Crippen LogP contribution in [0.4, 0.5) is 23.3 Å². The maximum absolute atomic E-state index is 4.66. The molecule has 126 valence electrons. The van der Waals surface area contributed by atoms with Gasteiger partial charge in [-0.3, -0.25) is 0 Å². The van der Waals surface area contributed by atoms with Crippen molar-refractivity contribution in [2.24, 2.45) is 0 Å². The van der Waals surface area contributed by atoms with Crippen molar-refractivity contribution in [3.05, 3.63) is 67.0 Å². The van der Waals surface area contributed by atoms with E-state index in [1.54, 1.807) is 6.20 Å². The maximum Gasteiger partial charge on any atom is 0.229 e. The summed E-state index contributed by atoms with van der Waals surface area (Å²) in [7, 11) is 0. The third-order valence-corrected chi connectivity index (χ3v) is 4.25. The fourth-order valence-electron chi connectivity index (χ4n) is 2.94. The first-order chi connectivity index (χ1) is 12.4. The summed E-state index contributed by atoms with van der Waals surface area (Å²) < 4.78 is 0. The maximum atomic E-state index is 4.66. The molecule has 2 aromatic heterocycles. The third kappa shape index (κ3) is 3.68. The van der Waals surface area contributed by atoms with Crippen LogP contribution in [0.5, 0.6) is 0 Å². The number of anilines is 4. The molecule has 4 rings (SSSR count). The number of hydrogen-bond acceptors (Lipinski definition) is 6. The molecule has 0 unspecified atom stereocenters. The number of benzene rings is 1. The Kier molecular flexibility index (Phi) is 4.41. The van der Waals surface area contributed by atoms with Crippen molar-refractivity contribution in [3.63, 3.8) is 0 Å². The second-order valence-corrected chi connectivity index (χ2v) is 5.89. The Labute approximate surface area is 147 Å². The van der Waals surface area contributed by atoms with E-state index in [9.17, 15) is 0 Å². The minimum absolute atomic E-state index is 0.621. The summed E-state index contributed by atoms with van der Waals surface area (Å²) in [6, 6.07) is 18.0. The first-order valence-corrected chi connectivity index (χ1v) is 8.44. The first kappa shape index (κ1) is 15.4. The highest BCUT2D eigenvalue weighted by Crippen LogP contribution is 2.19. The normalized spacial score (nSPS) is 14.4. The predicted molar refractivity (Wildman–Crippen MR) is 100 cm³/mol. The highest BCUT2D eigenvalue weighted by molar-refractivity contribution is 5.55. The van der Waals surface area contributed by atoms with Gasteiger partial charge in [0.2, 0.25) is 5.95 Å². The molecule has 0 aliphatic carbocycles. The highest BCUT2D eigenvalue weighted by atomic mass is 15.3. The van der Waals surface area contributed by atoms with Crippen LogP contribution in [0.2, 0.25) is 0 Å². The number of para-hydroxylation sites is 1. The van der Waals surface area contributed by atoms with Gasteiger partial charge in [-0.1, -0.05) is 24.3 Å². The molecule has 0 atom stereocenters. The second-order valence-electron chi connectivity index (χ2n) is 5.89. The summed E-state index contributed by atoms with van der Waals surface area (Å²) in [5, 5.41) is 3.25. The standard InChI is InChI=1S/C19H20N6/c1-2-6-16(7-3-1)22-19-21-11-9-18(23-19)25-14-12-24(13-15-25)17-8-4-5-10-20-17/h1-11H,12-15H2,(H,21,22,23). The number of aromatic nitrogens is 3. The predicted octanol–water partition coefficient (Wildman–Crippen LogP) is 2.94. The fourth-order valence-corrected chi connectivity index (χ4v) is 2.94. The number of rotatable bonds is 4. The average molecular weight is 332 g/mol. The zero-order chi connectivity index (χ0) is 16.9. The van der Waals surface area contributed by atoms with Crippen LogP contribution in [0.1, 0.15) is 0 Å². The Balaban J connectivity index is 1.42. The van der Waals surface area contributed by atoms with Gasteiger partial charge in [0, 0.05) is 44.3 Å². The molecular formula is C19H20N6. The van der Waals surface area contributed by atoms with E-state index in [2.05, 4.69) is 36.1 Å². The van der Waals surface area contributed by atoms with Gasteiger partial charge < -0.3 is 15.1 Å². The lowest BCUT2D eigenvalue weighted by molar-refractivity contribution is 0.641. The van der Waals surface area contributed by atoms with E-state index in [1.165, 1.54) is 0 Å². The van der Waals surface area contributed by atoms with Gasteiger partial charge in [0.1, 0.15) is 11.6 Å². The topological polar surface area (TPSA) is 57.2 Å². The van der Waals surface area contributed by atoms with Crippen molar-refractivity contribution >= 4 is 23.3 Å². The monoisotopic (exact) mass is 332 g/mol. The Morgan fingerprint density at radius 1 is 0.680 bits per heavy atom. The van der Waals surface area contributed by atoms with Crippen LogP contribution in [0, 0.1) is 0 Å². The molecule has 3 heterocycles. The van der Waals surface area contributed by atoms with Crippen molar-refractivity contribution in [2.45, 2.75) is 0 Å². The Bertz CT molecular complexity index is 800. The van der Waals surface area contributed by atoms with Crippen LogP contribution >= 0.6 is 0 Å². The van der Waals surface area contributed by atoms with Gasteiger partial charge in [-0.25, -0.2) is 9.97 Å². The minimum atomic E-state index is 0.621. The van der Waals surface area contributed by atoms with Crippen molar-refractivity contribution in [1.82, 2.24) is 15.0 Å². The molecule has 25 heavy (non-hydrogen) atoms. The van der Waals surface area contributed by atoms with Crippen LogP contribution in [0.25, 0.3) is 0 Å². The van der Waals surface area contributed by atoms with Crippen molar-refractivity contribution in [3.8, 4) is 0 Å². The quantitative estimate of drug-likeness (QED) is 0.793. The van der Waals surface area contributed by atoms with Crippen molar-refractivity contribution in [2.75, 3.05) is 41.3 Å². The van der Waals surface area contributed by atoms with Gasteiger partial charge >= 0.3 is 0 Å². The number of hydrogen-bond donors (Lipinski definition) is 1. The van der Waals surface area contributed by atoms with Crippen molar-refractivity contribution in [1.29, 1.82) is 0 Å². The van der Waals surface area contributed by atoms with E-state index in [1.807, 2.05) is 54.7 Å². The molecule has 3 aromatic rings. The molecular weight excluding hydrogens is 312 g/mol. The molecule has 1 aliphatic rings. The smallest absolute Gasteiger partial charge is 0.229 e. The second kappa shape index (κ2) is 7.17. The van der Waals surface area contributed by atoms with Gasteiger partial charge in [-0.05, 0) is 30.3 Å². The molecule has 1 aromatic carbocycles. The number of nitrogens with one attached hydrogen (secondary N) is 1. The summed E-state index contributed by atoms with van der Waals surface area (Å²) >= 11 is 0. The SMILES string of the molecule is c1ccc(Nc2nccc(N3CCN(c4ccccn4)CC3)n2)cc1. The molecule has 1 aliphatic heterocycles.